The van der Waals surface area contributed by atoms with Crippen LogP contribution >= 0.6 is 0 Å². The third-order valence-corrected chi connectivity index (χ3v) is 5.59. The second-order valence-corrected chi connectivity index (χ2v) is 7.02. The minimum atomic E-state index is 0.190. The molecule has 3 heteroatoms. The molecule has 0 bridgehead atoms. The number of nitrogens with two attached hydrogens (primary N) is 1. The molecule has 2 unspecified atom stereocenters. The number of benzene rings is 2. The van der Waals surface area contributed by atoms with Crippen LogP contribution in [-0.2, 0) is 4.79 Å². The van der Waals surface area contributed by atoms with Gasteiger partial charge < -0.3 is 10.6 Å². The van der Waals surface area contributed by atoms with Crippen LogP contribution in [0.2, 0.25) is 0 Å². The summed E-state index contributed by atoms with van der Waals surface area (Å²) in [7, 11) is 0. The van der Waals surface area contributed by atoms with E-state index >= 15 is 0 Å². The smallest absolute Gasteiger partial charge is 0.226 e. The van der Waals surface area contributed by atoms with Gasteiger partial charge >= 0.3 is 0 Å². The maximum absolute atomic E-state index is 12.8. The molecule has 2 aromatic carbocycles. The van der Waals surface area contributed by atoms with E-state index in [-0.39, 0.29) is 5.92 Å². The normalized spacial score (nSPS) is 24.8. The van der Waals surface area contributed by atoms with Crippen LogP contribution in [0.1, 0.15) is 30.7 Å². The van der Waals surface area contributed by atoms with Gasteiger partial charge in [0.2, 0.25) is 5.91 Å². The first-order valence-electron chi connectivity index (χ1n) is 8.74. The number of carbonyl (C=O) groups is 1. The Morgan fingerprint density at radius 3 is 2.61 bits per heavy atom. The molecule has 0 aromatic heterocycles. The topological polar surface area (TPSA) is 46.3 Å². The van der Waals surface area contributed by atoms with Crippen molar-refractivity contribution in [3.05, 3.63) is 48.0 Å². The van der Waals surface area contributed by atoms with E-state index in [4.69, 9.17) is 5.73 Å². The lowest BCUT2D eigenvalue weighted by molar-refractivity contribution is -0.134. The molecule has 2 aromatic rings. The van der Waals surface area contributed by atoms with Gasteiger partial charge in [-0.05, 0) is 54.0 Å². The SMILES string of the molecule is NCC1CCN(C(=O)C2CC2c2cccc3ccccc23)CC1. The van der Waals surface area contributed by atoms with E-state index in [1.54, 1.807) is 0 Å². The molecule has 120 valence electrons. The Balaban J connectivity index is 1.48. The van der Waals surface area contributed by atoms with E-state index < -0.39 is 0 Å². The lowest BCUT2D eigenvalue weighted by Crippen LogP contribution is -2.41. The van der Waals surface area contributed by atoms with Crippen molar-refractivity contribution in [3.8, 4) is 0 Å². The largest absolute Gasteiger partial charge is 0.342 e. The van der Waals surface area contributed by atoms with Gasteiger partial charge in [0.05, 0.1) is 0 Å². The van der Waals surface area contributed by atoms with Gasteiger partial charge in [0.15, 0.2) is 0 Å². The van der Waals surface area contributed by atoms with Crippen LogP contribution in [0.25, 0.3) is 10.8 Å². The van der Waals surface area contributed by atoms with Gasteiger partial charge in [-0.3, -0.25) is 4.79 Å². The molecule has 3 nitrogen and oxygen atoms in total. The fourth-order valence-electron chi connectivity index (χ4n) is 4.01. The van der Waals surface area contributed by atoms with E-state index in [1.165, 1.54) is 16.3 Å². The zero-order chi connectivity index (χ0) is 15.8. The van der Waals surface area contributed by atoms with Gasteiger partial charge in [0, 0.05) is 19.0 Å². The Morgan fingerprint density at radius 1 is 1.09 bits per heavy atom. The second-order valence-electron chi connectivity index (χ2n) is 7.02. The highest BCUT2D eigenvalue weighted by Gasteiger charge is 2.46. The molecule has 1 aliphatic carbocycles. The summed E-state index contributed by atoms with van der Waals surface area (Å²) in [6.45, 7) is 2.53. The molecule has 1 saturated carbocycles. The summed E-state index contributed by atoms with van der Waals surface area (Å²) in [4.78, 5) is 14.8. The summed E-state index contributed by atoms with van der Waals surface area (Å²) in [5, 5.41) is 2.57. The Labute approximate surface area is 137 Å². The quantitative estimate of drug-likeness (QED) is 0.947. The van der Waals surface area contributed by atoms with Crippen LogP contribution in [-0.4, -0.2) is 30.4 Å². The number of rotatable bonds is 3. The van der Waals surface area contributed by atoms with Gasteiger partial charge in [-0.15, -0.1) is 0 Å². The van der Waals surface area contributed by atoms with Crippen molar-refractivity contribution in [2.75, 3.05) is 19.6 Å². The van der Waals surface area contributed by atoms with Crippen molar-refractivity contribution >= 4 is 16.7 Å². The number of carbonyl (C=O) groups excluding carboxylic acids is 1. The zero-order valence-corrected chi connectivity index (χ0v) is 13.4. The average molecular weight is 308 g/mol. The van der Waals surface area contributed by atoms with Crippen molar-refractivity contribution in [1.82, 2.24) is 4.90 Å². The average Bonchev–Trinajstić information content (AvgIpc) is 3.41. The first-order valence-corrected chi connectivity index (χ1v) is 8.74. The Hall–Kier alpha value is -1.87. The Kier molecular flexibility index (Phi) is 3.82. The third kappa shape index (κ3) is 2.74. The summed E-state index contributed by atoms with van der Waals surface area (Å²) in [6.07, 6.45) is 3.13. The van der Waals surface area contributed by atoms with Crippen LogP contribution in [0.5, 0.6) is 0 Å². The van der Waals surface area contributed by atoms with Gasteiger partial charge in [0.1, 0.15) is 0 Å². The highest BCUT2D eigenvalue weighted by molar-refractivity contribution is 5.89. The number of likely N-dealkylation sites (tertiary alicyclic amines) is 1. The van der Waals surface area contributed by atoms with Gasteiger partial charge in [-0.2, -0.15) is 0 Å². The van der Waals surface area contributed by atoms with Crippen LogP contribution in [0.4, 0.5) is 0 Å². The lowest BCUT2D eigenvalue weighted by atomic mass is 9.96. The van der Waals surface area contributed by atoms with Crippen LogP contribution in [0, 0.1) is 11.8 Å². The number of hydrogen-bond acceptors (Lipinski definition) is 2. The highest BCUT2D eigenvalue weighted by Crippen LogP contribution is 2.50. The Bertz CT molecular complexity index is 713. The van der Waals surface area contributed by atoms with Gasteiger partial charge in [-0.1, -0.05) is 42.5 Å². The number of fused-ring (bicyclic) bond motifs is 1. The van der Waals surface area contributed by atoms with E-state index in [1.807, 2.05) is 0 Å². The van der Waals surface area contributed by atoms with Crippen LogP contribution in [0.15, 0.2) is 42.5 Å². The molecule has 1 amide bonds. The summed E-state index contributed by atoms with van der Waals surface area (Å²) in [5.74, 6) is 1.56. The summed E-state index contributed by atoms with van der Waals surface area (Å²) >= 11 is 0. The molecule has 1 heterocycles. The van der Waals surface area contributed by atoms with Crippen molar-refractivity contribution < 1.29 is 4.79 Å². The maximum atomic E-state index is 12.8. The van der Waals surface area contributed by atoms with Crippen LogP contribution < -0.4 is 5.73 Å². The second kappa shape index (κ2) is 5.97. The maximum Gasteiger partial charge on any atom is 0.226 e. The minimum Gasteiger partial charge on any atom is -0.342 e. The van der Waals surface area contributed by atoms with Crippen molar-refractivity contribution in [2.24, 2.45) is 17.6 Å². The molecule has 1 saturated heterocycles. The molecule has 4 rings (SSSR count). The van der Waals surface area contributed by atoms with E-state index in [0.717, 1.165) is 38.9 Å². The predicted molar refractivity (Wildman–Crippen MR) is 93.2 cm³/mol. The minimum absolute atomic E-state index is 0.190. The van der Waals surface area contributed by atoms with Crippen LogP contribution in [0.3, 0.4) is 0 Å². The predicted octanol–water partition coefficient (Wildman–Crippen LogP) is 3.14. The van der Waals surface area contributed by atoms with E-state index in [2.05, 4.69) is 47.4 Å². The number of amides is 1. The van der Waals surface area contributed by atoms with Crippen molar-refractivity contribution in [2.45, 2.75) is 25.2 Å². The summed E-state index contributed by atoms with van der Waals surface area (Å²) in [5.41, 5.74) is 7.09. The third-order valence-electron chi connectivity index (χ3n) is 5.59. The molecular weight excluding hydrogens is 284 g/mol. The molecular formula is C20H24N2O. The molecule has 2 aliphatic rings. The van der Waals surface area contributed by atoms with Crippen molar-refractivity contribution in [1.29, 1.82) is 0 Å². The van der Waals surface area contributed by atoms with Gasteiger partial charge in [0.25, 0.3) is 0 Å². The fraction of sp³-hybridized carbons (Fsp3) is 0.450. The number of nitrogens with zero attached hydrogens (tertiary/aromatic N) is 1. The first-order chi connectivity index (χ1) is 11.3. The van der Waals surface area contributed by atoms with E-state index in [0.29, 0.717) is 17.7 Å². The molecule has 2 N–H and O–H groups in total. The molecule has 0 radical (unpaired) electrons. The molecule has 0 spiro atoms. The fourth-order valence-corrected chi connectivity index (χ4v) is 4.01. The zero-order valence-electron chi connectivity index (χ0n) is 13.4. The monoisotopic (exact) mass is 308 g/mol. The first kappa shape index (κ1) is 14.7. The molecule has 1 aliphatic heterocycles. The van der Waals surface area contributed by atoms with E-state index in [9.17, 15) is 4.79 Å². The Morgan fingerprint density at radius 2 is 1.83 bits per heavy atom. The summed E-state index contributed by atoms with van der Waals surface area (Å²) < 4.78 is 0. The highest BCUT2D eigenvalue weighted by atomic mass is 16.2. The molecule has 23 heavy (non-hydrogen) atoms. The lowest BCUT2D eigenvalue weighted by Gasteiger charge is -2.31. The number of hydrogen-bond donors (Lipinski definition) is 1. The van der Waals surface area contributed by atoms with Gasteiger partial charge in [-0.25, -0.2) is 0 Å². The molecule has 2 atom stereocenters. The standard InChI is InChI=1S/C20H24N2O/c21-13-14-8-10-22(11-9-14)20(23)19-12-18(19)17-7-3-5-15-4-1-2-6-16(15)17/h1-7,14,18-19H,8-13,21H2. The number of piperidine rings is 1. The molecule has 2 fully saturated rings. The van der Waals surface area contributed by atoms with Crippen molar-refractivity contribution in [3.63, 3.8) is 0 Å². The summed E-state index contributed by atoms with van der Waals surface area (Å²) in [6, 6.07) is 14.9.